The van der Waals surface area contributed by atoms with E-state index in [0.717, 1.165) is 57.5 Å². The van der Waals surface area contributed by atoms with E-state index in [1.165, 1.54) is 12.8 Å². The van der Waals surface area contributed by atoms with E-state index in [9.17, 15) is 4.79 Å². The van der Waals surface area contributed by atoms with Crippen LogP contribution >= 0.6 is 12.4 Å². The van der Waals surface area contributed by atoms with E-state index < -0.39 is 0 Å². The largest absolute Gasteiger partial charge is 0.371 e. The Balaban J connectivity index is 0.00000180. The first-order valence-corrected chi connectivity index (χ1v) is 7.35. The van der Waals surface area contributed by atoms with Gasteiger partial charge in [0.15, 0.2) is 0 Å². The number of carbonyl (C=O) groups excluding carboxylic acids is 1. The molecule has 0 atom stereocenters. The summed E-state index contributed by atoms with van der Waals surface area (Å²) in [4.78, 5) is 13.9. The molecule has 1 N–H and O–H groups in total. The van der Waals surface area contributed by atoms with E-state index in [0.29, 0.717) is 0 Å². The molecule has 0 aromatic carbocycles. The minimum Gasteiger partial charge on any atom is -0.371 e. The number of ether oxygens (including phenoxy) is 1. The zero-order chi connectivity index (χ0) is 12.8. The van der Waals surface area contributed by atoms with E-state index in [4.69, 9.17) is 4.74 Å². The lowest BCUT2D eigenvalue weighted by molar-refractivity contribution is -0.137. The summed E-state index contributed by atoms with van der Waals surface area (Å²) in [6.07, 6.45) is 4.82. The third-order valence-corrected chi connectivity index (χ3v) is 3.93. The third-order valence-electron chi connectivity index (χ3n) is 3.93. The van der Waals surface area contributed by atoms with Gasteiger partial charge < -0.3 is 15.0 Å². The molecule has 1 heterocycles. The van der Waals surface area contributed by atoms with E-state index in [1.54, 1.807) is 0 Å². The molecule has 4 nitrogen and oxygen atoms in total. The van der Waals surface area contributed by atoms with Crippen molar-refractivity contribution >= 4 is 18.3 Å². The average Bonchev–Trinajstić information content (AvgIpc) is 3.21. The van der Waals surface area contributed by atoms with E-state index in [1.807, 2.05) is 4.90 Å². The predicted molar refractivity (Wildman–Crippen MR) is 78.6 cm³/mol. The first kappa shape index (κ1) is 16.7. The van der Waals surface area contributed by atoms with E-state index >= 15 is 0 Å². The highest BCUT2D eigenvalue weighted by Gasteiger charge is 2.24. The summed E-state index contributed by atoms with van der Waals surface area (Å²) in [5, 5.41) is 3.39. The second-order valence-corrected chi connectivity index (χ2v) is 5.59. The molecule has 0 bridgehead atoms. The fourth-order valence-corrected chi connectivity index (χ4v) is 2.42. The van der Waals surface area contributed by atoms with E-state index in [2.05, 4.69) is 12.2 Å². The van der Waals surface area contributed by atoms with Gasteiger partial charge in [0.25, 0.3) is 0 Å². The van der Waals surface area contributed by atoms with Crippen molar-refractivity contribution in [1.29, 1.82) is 0 Å². The zero-order valence-electron chi connectivity index (χ0n) is 11.9. The number of nitrogens with one attached hydrogen (secondary N) is 1. The van der Waals surface area contributed by atoms with Crippen molar-refractivity contribution in [2.45, 2.75) is 32.6 Å². The van der Waals surface area contributed by atoms with Crippen LogP contribution in [0.5, 0.6) is 0 Å². The van der Waals surface area contributed by atoms with Gasteiger partial charge in [-0.1, -0.05) is 6.92 Å². The minimum absolute atomic E-state index is 0. The number of hydrogen-bond donors (Lipinski definition) is 1. The maximum atomic E-state index is 11.9. The van der Waals surface area contributed by atoms with Gasteiger partial charge in [-0.25, -0.2) is 0 Å². The molecule has 1 amide bonds. The van der Waals surface area contributed by atoms with Gasteiger partial charge >= 0.3 is 0 Å². The molecule has 19 heavy (non-hydrogen) atoms. The Bertz CT molecular complexity index is 264. The van der Waals surface area contributed by atoms with Crippen molar-refractivity contribution in [3.05, 3.63) is 0 Å². The Labute approximate surface area is 122 Å². The number of halogens is 1. The van der Waals surface area contributed by atoms with Crippen LogP contribution < -0.4 is 5.32 Å². The monoisotopic (exact) mass is 290 g/mol. The van der Waals surface area contributed by atoms with Crippen molar-refractivity contribution in [3.8, 4) is 0 Å². The van der Waals surface area contributed by atoms with E-state index in [-0.39, 0.29) is 24.9 Å². The normalized spacial score (nSPS) is 20.2. The van der Waals surface area contributed by atoms with Gasteiger partial charge in [0, 0.05) is 13.1 Å². The van der Waals surface area contributed by atoms with Gasteiger partial charge in [-0.2, -0.15) is 0 Å². The smallest absolute Gasteiger partial charge is 0.248 e. The van der Waals surface area contributed by atoms with Crippen molar-refractivity contribution in [3.63, 3.8) is 0 Å². The number of likely N-dealkylation sites (tertiary alicyclic amines) is 1. The molecule has 0 radical (unpaired) electrons. The number of hydrogen-bond acceptors (Lipinski definition) is 3. The molecule has 5 heteroatoms. The summed E-state index contributed by atoms with van der Waals surface area (Å²) >= 11 is 0. The Kier molecular flexibility index (Phi) is 7.73. The summed E-state index contributed by atoms with van der Waals surface area (Å²) < 4.78 is 5.46. The molecule has 2 aliphatic rings. The van der Waals surface area contributed by atoms with Crippen LogP contribution in [-0.2, 0) is 9.53 Å². The first-order valence-electron chi connectivity index (χ1n) is 7.35. The van der Waals surface area contributed by atoms with Crippen LogP contribution in [0.25, 0.3) is 0 Å². The highest BCUT2D eigenvalue weighted by atomic mass is 35.5. The lowest BCUT2D eigenvalue weighted by atomic mass is 9.97. The van der Waals surface area contributed by atoms with Crippen molar-refractivity contribution in [2.75, 3.05) is 39.4 Å². The van der Waals surface area contributed by atoms with Crippen LogP contribution in [0.15, 0.2) is 0 Å². The molecule has 0 aromatic rings. The third kappa shape index (κ3) is 6.11. The minimum atomic E-state index is 0. The van der Waals surface area contributed by atoms with Gasteiger partial charge in [-0.3, -0.25) is 4.79 Å². The van der Waals surface area contributed by atoms with Crippen LogP contribution in [0, 0.1) is 11.8 Å². The molecule has 1 aliphatic carbocycles. The molecule has 2 rings (SSSR count). The van der Waals surface area contributed by atoms with Gasteiger partial charge in [0.05, 0.1) is 6.61 Å². The maximum Gasteiger partial charge on any atom is 0.248 e. The molecule has 1 aliphatic heterocycles. The summed E-state index contributed by atoms with van der Waals surface area (Å²) in [6, 6.07) is 0. The fourth-order valence-electron chi connectivity index (χ4n) is 2.42. The van der Waals surface area contributed by atoms with Gasteiger partial charge in [0.2, 0.25) is 5.91 Å². The topological polar surface area (TPSA) is 41.6 Å². The maximum absolute atomic E-state index is 11.9. The van der Waals surface area contributed by atoms with Crippen LogP contribution in [0.1, 0.15) is 32.6 Å². The fraction of sp³-hybridized carbons (Fsp3) is 0.929. The van der Waals surface area contributed by atoms with Crippen LogP contribution in [0.2, 0.25) is 0 Å². The van der Waals surface area contributed by atoms with Gasteiger partial charge in [-0.15, -0.1) is 12.4 Å². The first-order chi connectivity index (χ1) is 8.79. The lowest BCUT2D eigenvalue weighted by Gasteiger charge is -2.32. The number of amides is 1. The molecule has 1 saturated carbocycles. The number of carbonyl (C=O) groups is 1. The highest BCUT2D eigenvalue weighted by Crippen LogP contribution is 2.28. The number of piperidine rings is 1. The molecule has 0 unspecified atom stereocenters. The second kappa shape index (κ2) is 8.77. The lowest BCUT2D eigenvalue weighted by Crippen LogP contribution is -2.42. The van der Waals surface area contributed by atoms with Crippen LogP contribution in [0.4, 0.5) is 0 Å². The van der Waals surface area contributed by atoms with Crippen LogP contribution in [0.3, 0.4) is 0 Å². The summed E-state index contributed by atoms with van der Waals surface area (Å²) in [6.45, 7) is 7.14. The molecular formula is C14H27ClN2O2. The SMILES string of the molecule is CCNCC1CCN(C(=O)COCC2CC2)CC1.Cl. The molecule has 0 aromatic heterocycles. The summed E-state index contributed by atoms with van der Waals surface area (Å²) in [5.41, 5.74) is 0. The van der Waals surface area contributed by atoms with Crippen molar-refractivity contribution < 1.29 is 9.53 Å². The number of nitrogens with zero attached hydrogens (tertiary/aromatic N) is 1. The quantitative estimate of drug-likeness (QED) is 0.776. The number of rotatable bonds is 7. The molecule has 0 spiro atoms. The summed E-state index contributed by atoms with van der Waals surface area (Å²) in [7, 11) is 0. The molecule has 2 fully saturated rings. The Morgan fingerprint density at radius 3 is 2.47 bits per heavy atom. The molecule has 1 saturated heterocycles. The van der Waals surface area contributed by atoms with Crippen LogP contribution in [-0.4, -0.2) is 50.2 Å². The van der Waals surface area contributed by atoms with Gasteiger partial charge in [-0.05, 0) is 50.6 Å². The highest BCUT2D eigenvalue weighted by molar-refractivity contribution is 5.85. The standard InChI is InChI=1S/C14H26N2O2.ClH/c1-2-15-9-12-5-7-16(8-6-12)14(17)11-18-10-13-3-4-13;/h12-13,15H,2-11H2,1H3;1H. The second-order valence-electron chi connectivity index (χ2n) is 5.59. The zero-order valence-corrected chi connectivity index (χ0v) is 12.7. The van der Waals surface area contributed by atoms with Crippen molar-refractivity contribution in [2.24, 2.45) is 11.8 Å². The predicted octanol–water partition coefficient (Wildman–Crippen LogP) is 1.68. The molecule has 112 valence electrons. The Hall–Kier alpha value is -0.320. The Morgan fingerprint density at radius 2 is 1.89 bits per heavy atom. The van der Waals surface area contributed by atoms with Gasteiger partial charge in [0.1, 0.15) is 6.61 Å². The van der Waals surface area contributed by atoms with Crippen molar-refractivity contribution in [1.82, 2.24) is 10.2 Å². The average molecular weight is 291 g/mol. The molecular weight excluding hydrogens is 264 g/mol. The Morgan fingerprint density at radius 1 is 1.21 bits per heavy atom. The summed E-state index contributed by atoms with van der Waals surface area (Å²) in [5.74, 6) is 1.66.